The second-order valence-electron chi connectivity index (χ2n) is 4.55. The second-order valence-corrected chi connectivity index (χ2v) is 4.55. The minimum absolute atomic E-state index is 0.142. The topological polar surface area (TPSA) is 49.3 Å². The molecular weight excluding hydrogens is 226 g/mol. The lowest BCUT2D eigenvalue weighted by Gasteiger charge is -2.27. The van der Waals surface area contributed by atoms with Crippen molar-refractivity contribution in [1.82, 2.24) is 5.32 Å². The molecule has 0 saturated heterocycles. The quantitative estimate of drug-likeness (QED) is 0.734. The summed E-state index contributed by atoms with van der Waals surface area (Å²) in [5.41, 5.74) is 0.817. The van der Waals surface area contributed by atoms with Gasteiger partial charge in [-0.15, -0.1) is 0 Å². The number of hydrogen-bond donors (Lipinski definition) is 2. The lowest BCUT2D eigenvalue weighted by molar-refractivity contribution is -0.117. The summed E-state index contributed by atoms with van der Waals surface area (Å²) in [6.07, 6.45) is 3.25. The molecule has 94 valence electrons. The number of nitrogens with one attached hydrogen (secondary N) is 1. The fourth-order valence-electron chi connectivity index (χ4n) is 2.13. The van der Waals surface area contributed by atoms with Crippen LogP contribution in [0.1, 0.15) is 31.2 Å². The molecular formula is C15H17NO2. The Kier molecular flexibility index (Phi) is 4.38. The van der Waals surface area contributed by atoms with Gasteiger partial charge in [0.2, 0.25) is 0 Å². The molecule has 2 rings (SSSR count). The number of benzene rings is 1. The summed E-state index contributed by atoms with van der Waals surface area (Å²) in [7, 11) is 0. The summed E-state index contributed by atoms with van der Waals surface area (Å²) in [6, 6.07) is 9.24. The standard InChI is InChI=1S/C15H17NO2/c17-14-9-5-4-8-13(14)16-15(18)11-10-12-6-2-1-3-7-12/h1-3,6-7,13-14,17H,4-5,8-9H2,(H,16,18). The summed E-state index contributed by atoms with van der Waals surface area (Å²) in [5, 5.41) is 12.5. The van der Waals surface area contributed by atoms with Gasteiger partial charge in [-0.1, -0.05) is 37.0 Å². The van der Waals surface area contributed by atoms with E-state index in [0.29, 0.717) is 0 Å². The van der Waals surface area contributed by atoms with Gasteiger partial charge < -0.3 is 10.4 Å². The lowest BCUT2D eigenvalue weighted by atomic mass is 9.92. The van der Waals surface area contributed by atoms with Gasteiger partial charge in [-0.2, -0.15) is 0 Å². The van der Waals surface area contributed by atoms with Crippen LogP contribution in [0.2, 0.25) is 0 Å². The lowest BCUT2D eigenvalue weighted by Crippen LogP contribution is -2.44. The molecule has 0 bridgehead atoms. The molecule has 0 heterocycles. The van der Waals surface area contributed by atoms with Gasteiger partial charge in [-0.25, -0.2) is 0 Å². The molecule has 1 aromatic carbocycles. The molecule has 0 aromatic heterocycles. The van der Waals surface area contributed by atoms with Crippen LogP contribution in [-0.4, -0.2) is 23.2 Å². The first-order valence-electron chi connectivity index (χ1n) is 6.31. The van der Waals surface area contributed by atoms with Crippen molar-refractivity contribution in [3.05, 3.63) is 35.9 Å². The van der Waals surface area contributed by atoms with E-state index in [-0.39, 0.29) is 11.9 Å². The van der Waals surface area contributed by atoms with E-state index < -0.39 is 6.10 Å². The number of carbonyl (C=O) groups excluding carboxylic acids is 1. The van der Waals surface area contributed by atoms with Crippen molar-refractivity contribution in [3.8, 4) is 11.8 Å². The maximum Gasteiger partial charge on any atom is 0.296 e. The Morgan fingerprint density at radius 3 is 2.67 bits per heavy atom. The van der Waals surface area contributed by atoms with Crippen molar-refractivity contribution in [1.29, 1.82) is 0 Å². The Hall–Kier alpha value is -1.79. The maximum absolute atomic E-state index is 11.6. The first-order chi connectivity index (χ1) is 8.75. The first kappa shape index (κ1) is 12.7. The second kappa shape index (κ2) is 6.23. The zero-order chi connectivity index (χ0) is 12.8. The number of aliphatic hydroxyl groups excluding tert-OH is 1. The van der Waals surface area contributed by atoms with Gasteiger partial charge in [0.15, 0.2) is 0 Å². The highest BCUT2D eigenvalue weighted by Crippen LogP contribution is 2.18. The molecule has 18 heavy (non-hydrogen) atoms. The van der Waals surface area contributed by atoms with Crippen LogP contribution in [0.15, 0.2) is 30.3 Å². The third-order valence-electron chi connectivity index (χ3n) is 3.14. The number of carbonyl (C=O) groups is 1. The van der Waals surface area contributed by atoms with E-state index in [2.05, 4.69) is 17.2 Å². The largest absolute Gasteiger partial charge is 0.391 e. The van der Waals surface area contributed by atoms with Gasteiger partial charge >= 0.3 is 0 Å². The fraction of sp³-hybridized carbons (Fsp3) is 0.400. The van der Waals surface area contributed by atoms with E-state index in [1.165, 1.54) is 0 Å². The number of aliphatic hydroxyl groups is 1. The van der Waals surface area contributed by atoms with Crippen LogP contribution in [0.3, 0.4) is 0 Å². The average Bonchev–Trinajstić information content (AvgIpc) is 2.40. The summed E-state index contributed by atoms with van der Waals surface area (Å²) in [4.78, 5) is 11.6. The molecule has 2 unspecified atom stereocenters. The third-order valence-corrected chi connectivity index (χ3v) is 3.14. The van der Waals surface area contributed by atoms with Crippen LogP contribution in [0.5, 0.6) is 0 Å². The normalized spacial score (nSPS) is 22.7. The van der Waals surface area contributed by atoms with Gasteiger partial charge in [-0.3, -0.25) is 4.79 Å². The zero-order valence-corrected chi connectivity index (χ0v) is 10.2. The van der Waals surface area contributed by atoms with E-state index in [4.69, 9.17) is 0 Å². The zero-order valence-electron chi connectivity index (χ0n) is 10.2. The molecule has 1 aromatic rings. The minimum atomic E-state index is -0.429. The third kappa shape index (κ3) is 3.61. The average molecular weight is 243 g/mol. The van der Waals surface area contributed by atoms with Gasteiger partial charge in [-0.05, 0) is 25.0 Å². The summed E-state index contributed by atoms with van der Waals surface area (Å²) in [5.74, 6) is 5.05. The molecule has 2 N–H and O–H groups in total. The van der Waals surface area contributed by atoms with Crippen molar-refractivity contribution < 1.29 is 9.90 Å². The number of hydrogen-bond acceptors (Lipinski definition) is 2. The van der Waals surface area contributed by atoms with Crippen LogP contribution < -0.4 is 5.32 Å². The fourth-order valence-corrected chi connectivity index (χ4v) is 2.13. The predicted molar refractivity (Wildman–Crippen MR) is 69.7 cm³/mol. The molecule has 1 amide bonds. The van der Waals surface area contributed by atoms with Crippen molar-refractivity contribution in [2.75, 3.05) is 0 Å². The summed E-state index contributed by atoms with van der Waals surface area (Å²) >= 11 is 0. The van der Waals surface area contributed by atoms with E-state index in [1.54, 1.807) is 0 Å². The van der Waals surface area contributed by atoms with Crippen LogP contribution in [0.4, 0.5) is 0 Å². The summed E-state index contributed by atoms with van der Waals surface area (Å²) < 4.78 is 0. The Balaban J connectivity index is 1.91. The smallest absolute Gasteiger partial charge is 0.296 e. The Morgan fingerprint density at radius 2 is 1.94 bits per heavy atom. The van der Waals surface area contributed by atoms with E-state index >= 15 is 0 Å². The van der Waals surface area contributed by atoms with Crippen LogP contribution >= 0.6 is 0 Å². The van der Waals surface area contributed by atoms with E-state index in [9.17, 15) is 9.90 Å². The molecule has 1 saturated carbocycles. The Morgan fingerprint density at radius 1 is 1.22 bits per heavy atom. The number of amides is 1. The molecule has 1 aliphatic rings. The highest BCUT2D eigenvalue weighted by molar-refractivity contribution is 5.94. The van der Waals surface area contributed by atoms with Crippen LogP contribution in [-0.2, 0) is 4.79 Å². The molecule has 2 atom stereocenters. The van der Waals surface area contributed by atoms with Crippen LogP contribution in [0, 0.1) is 11.8 Å². The van der Waals surface area contributed by atoms with E-state index in [0.717, 1.165) is 31.2 Å². The molecule has 0 aliphatic heterocycles. The van der Waals surface area contributed by atoms with Gasteiger partial charge in [0.1, 0.15) is 0 Å². The van der Waals surface area contributed by atoms with Crippen molar-refractivity contribution in [2.24, 2.45) is 0 Å². The van der Waals surface area contributed by atoms with Crippen molar-refractivity contribution in [2.45, 2.75) is 37.8 Å². The molecule has 3 heteroatoms. The predicted octanol–water partition coefficient (Wildman–Crippen LogP) is 1.46. The highest BCUT2D eigenvalue weighted by atomic mass is 16.3. The minimum Gasteiger partial charge on any atom is -0.391 e. The van der Waals surface area contributed by atoms with Crippen LogP contribution in [0.25, 0.3) is 0 Å². The van der Waals surface area contributed by atoms with Gasteiger partial charge in [0.05, 0.1) is 12.1 Å². The monoisotopic (exact) mass is 243 g/mol. The molecule has 1 aliphatic carbocycles. The molecule has 0 radical (unpaired) electrons. The molecule has 3 nitrogen and oxygen atoms in total. The molecule has 0 spiro atoms. The van der Waals surface area contributed by atoms with Crippen molar-refractivity contribution in [3.63, 3.8) is 0 Å². The van der Waals surface area contributed by atoms with E-state index in [1.807, 2.05) is 30.3 Å². The van der Waals surface area contributed by atoms with Gasteiger partial charge in [0, 0.05) is 11.5 Å². The maximum atomic E-state index is 11.6. The molecule has 1 fully saturated rings. The SMILES string of the molecule is O=C(C#Cc1ccccc1)NC1CCCCC1O. The van der Waals surface area contributed by atoms with Crippen molar-refractivity contribution >= 4 is 5.91 Å². The Bertz CT molecular complexity index is 458. The Labute approximate surface area is 107 Å². The first-order valence-corrected chi connectivity index (χ1v) is 6.31. The van der Waals surface area contributed by atoms with Gasteiger partial charge in [0.25, 0.3) is 5.91 Å². The number of rotatable bonds is 1. The highest BCUT2D eigenvalue weighted by Gasteiger charge is 2.23. The summed E-state index contributed by atoms with van der Waals surface area (Å²) in [6.45, 7) is 0.